The fourth-order valence-electron chi connectivity index (χ4n) is 3.74. The van der Waals surface area contributed by atoms with E-state index in [4.69, 9.17) is 14.5 Å². The summed E-state index contributed by atoms with van der Waals surface area (Å²) in [6, 6.07) is 13.0. The molecule has 2 aromatic carbocycles. The second kappa shape index (κ2) is 10.1. The molecule has 8 heteroatoms. The smallest absolute Gasteiger partial charge is 0.262 e. The Hall–Kier alpha value is -3.00. The number of hydrogen-bond acceptors (Lipinski definition) is 6. The van der Waals surface area contributed by atoms with Gasteiger partial charge in [0.2, 0.25) is 12.7 Å². The van der Waals surface area contributed by atoms with Crippen molar-refractivity contribution in [2.45, 2.75) is 38.4 Å². The van der Waals surface area contributed by atoms with Crippen molar-refractivity contribution in [2.24, 2.45) is 0 Å². The van der Waals surface area contributed by atoms with Crippen molar-refractivity contribution >= 4 is 28.6 Å². The Kier molecular flexibility index (Phi) is 6.99. The standard InChI is InChI=1S/C24H27N3O4S/c1-3-11-26(12-4-2)22(28)15-32-24-25-19-8-6-5-7-18(19)23(29)27(24)14-17-9-10-20-21(13-17)31-16-30-20/h5-10,13H,3-4,11-12,14-16H2,1-2H3. The van der Waals surface area contributed by atoms with Crippen LogP contribution in [0.3, 0.4) is 0 Å². The lowest BCUT2D eigenvalue weighted by molar-refractivity contribution is -0.128. The van der Waals surface area contributed by atoms with Crippen LogP contribution < -0.4 is 15.0 Å². The summed E-state index contributed by atoms with van der Waals surface area (Å²) in [6.45, 7) is 6.14. The van der Waals surface area contributed by atoms with Crippen LogP contribution in [0.5, 0.6) is 11.5 Å². The molecule has 0 saturated heterocycles. The first kappa shape index (κ1) is 22.2. The molecule has 1 aromatic heterocycles. The predicted octanol–water partition coefficient (Wildman–Crippen LogP) is 3.91. The van der Waals surface area contributed by atoms with Gasteiger partial charge in [-0.25, -0.2) is 4.98 Å². The summed E-state index contributed by atoms with van der Waals surface area (Å²) in [5.74, 6) is 1.68. The molecule has 0 bridgehead atoms. The molecule has 0 fully saturated rings. The van der Waals surface area contributed by atoms with Gasteiger partial charge in [-0.3, -0.25) is 14.2 Å². The maximum atomic E-state index is 13.3. The zero-order valence-electron chi connectivity index (χ0n) is 18.4. The third-order valence-corrected chi connectivity index (χ3v) is 6.23. The van der Waals surface area contributed by atoms with Gasteiger partial charge in [0, 0.05) is 13.1 Å². The molecular weight excluding hydrogens is 426 g/mol. The Morgan fingerprint density at radius 2 is 1.84 bits per heavy atom. The number of hydrogen-bond donors (Lipinski definition) is 0. The van der Waals surface area contributed by atoms with Crippen molar-refractivity contribution in [1.82, 2.24) is 14.5 Å². The highest BCUT2D eigenvalue weighted by molar-refractivity contribution is 7.99. The first-order chi connectivity index (χ1) is 15.6. The number of aromatic nitrogens is 2. The maximum Gasteiger partial charge on any atom is 0.262 e. The van der Waals surface area contributed by atoms with E-state index in [1.54, 1.807) is 10.6 Å². The van der Waals surface area contributed by atoms with E-state index in [1.807, 2.05) is 41.3 Å². The van der Waals surface area contributed by atoms with Gasteiger partial charge in [0.15, 0.2) is 16.7 Å². The Labute approximate surface area is 191 Å². The number of benzene rings is 2. The largest absolute Gasteiger partial charge is 0.454 e. The quantitative estimate of drug-likeness (QED) is 0.361. The van der Waals surface area contributed by atoms with E-state index in [0.717, 1.165) is 31.5 Å². The minimum atomic E-state index is -0.123. The van der Waals surface area contributed by atoms with E-state index in [9.17, 15) is 9.59 Å². The normalized spacial score (nSPS) is 12.3. The third kappa shape index (κ3) is 4.75. The van der Waals surface area contributed by atoms with Gasteiger partial charge in [-0.2, -0.15) is 0 Å². The molecule has 32 heavy (non-hydrogen) atoms. The highest BCUT2D eigenvalue weighted by Gasteiger charge is 2.18. The maximum absolute atomic E-state index is 13.3. The average Bonchev–Trinajstić information content (AvgIpc) is 3.27. The van der Waals surface area contributed by atoms with Crippen molar-refractivity contribution in [3.8, 4) is 11.5 Å². The van der Waals surface area contributed by atoms with Crippen LogP contribution in [0.4, 0.5) is 0 Å². The number of carbonyl (C=O) groups excluding carboxylic acids is 1. The van der Waals surface area contributed by atoms with Gasteiger partial charge in [0.1, 0.15) is 0 Å². The van der Waals surface area contributed by atoms with E-state index in [0.29, 0.717) is 34.1 Å². The first-order valence-corrected chi connectivity index (χ1v) is 11.9. The van der Waals surface area contributed by atoms with Gasteiger partial charge in [-0.05, 0) is 42.7 Å². The summed E-state index contributed by atoms with van der Waals surface area (Å²) in [5, 5.41) is 1.09. The Morgan fingerprint density at radius 3 is 2.62 bits per heavy atom. The SMILES string of the molecule is CCCN(CCC)C(=O)CSc1nc2ccccc2c(=O)n1Cc1ccc2c(c1)OCO2. The zero-order valence-corrected chi connectivity index (χ0v) is 19.2. The molecule has 0 N–H and O–H groups in total. The minimum absolute atomic E-state index is 0.0655. The van der Waals surface area contributed by atoms with Gasteiger partial charge in [0.05, 0.1) is 23.2 Å². The Balaban J connectivity index is 1.65. The van der Waals surface area contributed by atoms with Crippen molar-refractivity contribution in [3.05, 3.63) is 58.4 Å². The van der Waals surface area contributed by atoms with Crippen LogP contribution in [-0.2, 0) is 11.3 Å². The summed E-state index contributed by atoms with van der Waals surface area (Å²) >= 11 is 1.31. The van der Waals surface area contributed by atoms with Gasteiger partial charge >= 0.3 is 0 Å². The molecule has 0 atom stereocenters. The van der Waals surface area contributed by atoms with E-state index in [1.165, 1.54) is 11.8 Å². The van der Waals surface area contributed by atoms with Crippen LogP contribution in [0, 0.1) is 0 Å². The molecule has 3 aromatic rings. The van der Waals surface area contributed by atoms with Gasteiger partial charge in [-0.1, -0.05) is 43.8 Å². The third-order valence-electron chi connectivity index (χ3n) is 5.27. The van der Waals surface area contributed by atoms with E-state index >= 15 is 0 Å². The lowest BCUT2D eigenvalue weighted by Crippen LogP contribution is -2.34. The predicted molar refractivity (Wildman–Crippen MR) is 126 cm³/mol. The molecule has 1 aliphatic heterocycles. The topological polar surface area (TPSA) is 73.7 Å². The molecule has 0 aliphatic carbocycles. The second-order valence-corrected chi connectivity index (χ2v) is 8.60. The molecule has 0 saturated carbocycles. The monoisotopic (exact) mass is 453 g/mol. The Morgan fingerprint density at radius 1 is 1.09 bits per heavy atom. The lowest BCUT2D eigenvalue weighted by atomic mass is 10.2. The molecule has 0 radical (unpaired) electrons. The number of amides is 1. The van der Waals surface area contributed by atoms with Gasteiger partial charge in [-0.15, -0.1) is 0 Å². The fraction of sp³-hybridized carbons (Fsp3) is 0.375. The summed E-state index contributed by atoms with van der Waals surface area (Å²) in [7, 11) is 0. The number of rotatable bonds is 9. The summed E-state index contributed by atoms with van der Waals surface area (Å²) in [6.07, 6.45) is 1.83. The summed E-state index contributed by atoms with van der Waals surface area (Å²) in [4.78, 5) is 32.7. The summed E-state index contributed by atoms with van der Waals surface area (Å²) in [5.41, 5.74) is 1.41. The van der Waals surface area contributed by atoms with Crippen LogP contribution >= 0.6 is 11.8 Å². The lowest BCUT2D eigenvalue weighted by Gasteiger charge is -2.21. The number of nitrogens with zero attached hydrogens (tertiary/aromatic N) is 3. The van der Waals surface area contributed by atoms with E-state index in [-0.39, 0.29) is 24.0 Å². The zero-order chi connectivity index (χ0) is 22.5. The van der Waals surface area contributed by atoms with E-state index in [2.05, 4.69) is 13.8 Å². The number of ether oxygens (including phenoxy) is 2. The minimum Gasteiger partial charge on any atom is -0.454 e. The molecule has 168 valence electrons. The van der Waals surface area contributed by atoms with Crippen molar-refractivity contribution in [1.29, 1.82) is 0 Å². The van der Waals surface area contributed by atoms with Gasteiger partial charge in [0.25, 0.3) is 5.56 Å². The molecular formula is C24H27N3O4S. The van der Waals surface area contributed by atoms with Crippen molar-refractivity contribution in [3.63, 3.8) is 0 Å². The van der Waals surface area contributed by atoms with Crippen LogP contribution in [0.2, 0.25) is 0 Å². The molecule has 1 aliphatic rings. The highest BCUT2D eigenvalue weighted by atomic mass is 32.2. The van der Waals surface area contributed by atoms with E-state index < -0.39 is 0 Å². The number of carbonyl (C=O) groups is 1. The Bertz CT molecular complexity index is 1170. The van der Waals surface area contributed by atoms with Crippen molar-refractivity contribution < 1.29 is 14.3 Å². The fourth-order valence-corrected chi connectivity index (χ4v) is 4.64. The van der Waals surface area contributed by atoms with Crippen LogP contribution in [0.25, 0.3) is 10.9 Å². The average molecular weight is 454 g/mol. The van der Waals surface area contributed by atoms with Gasteiger partial charge < -0.3 is 14.4 Å². The van der Waals surface area contributed by atoms with Crippen LogP contribution in [0.15, 0.2) is 52.4 Å². The number of fused-ring (bicyclic) bond motifs is 2. The molecule has 4 rings (SSSR count). The molecule has 7 nitrogen and oxygen atoms in total. The summed E-state index contributed by atoms with van der Waals surface area (Å²) < 4.78 is 12.5. The molecule has 0 spiro atoms. The first-order valence-electron chi connectivity index (χ1n) is 10.9. The molecule has 2 heterocycles. The van der Waals surface area contributed by atoms with Crippen LogP contribution in [0.1, 0.15) is 32.3 Å². The highest BCUT2D eigenvalue weighted by Crippen LogP contribution is 2.33. The second-order valence-electron chi connectivity index (χ2n) is 7.66. The number of para-hydroxylation sites is 1. The number of thioether (sulfide) groups is 1. The van der Waals surface area contributed by atoms with Crippen molar-refractivity contribution in [2.75, 3.05) is 25.6 Å². The molecule has 0 unspecified atom stereocenters. The molecule has 1 amide bonds. The van der Waals surface area contributed by atoms with Crippen LogP contribution in [-0.4, -0.2) is 46.0 Å².